The highest BCUT2D eigenvalue weighted by atomic mass is 16.5. The molecule has 0 spiro atoms. The summed E-state index contributed by atoms with van der Waals surface area (Å²) in [5.74, 6) is 1.12. The maximum Gasteiger partial charge on any atom is 0.269 e. The van der Waals surface area contributed by atoms with Crippen molar-refractivity contribution < 1.29 is 27.1 Å². The molecule has 0 saturated heterocycles. The maximum absolute atomic E-state index is 9.19. The third-order valence-electron chi connectivity index (χ3n) is 13.3. The van der Waals surface area contributed by atoms with Crippen molar-refractivity contribution in [2.24, 2.45) is 0 Å². The van der Waals surface area contributed by atoms with Gasteiger partial charge in [-0.1, -0.05) is 196 Å². The molecule has 356 valence electrons. The van der Waals surface area contributed by atoms with Crippen LogP contribution in [0.25, 0.3) is 83.4 Å². The van der Waals surface area contributed by atoms with Crippen molar-refractivity contribution >= 4 is 32.8 Å². The molecule has 0 saturated carbocycles. The monoisotopic (exact) mass is 952 g/mol. The van der Waals surface area contributed by atoms with Gasteiger partial charge < -0.3 is 4.74 Å². The molecule has 0 fully saturated rings. The van der Waals surface area contributed by atoms with Crippen molar-refractivity contribution in [2.75, 3.05) is 0 Å². The normalized spacial score (nSPS) is 15.0. The number of nitrogens with zero attached hydrogens (tertiary/aromatic N) is 4. The molecule has 0 bridgehead atoms. The Balaban J connectivity index is 1.10. The van der Waals surface area contributed by atoms with Gasteiger partial charge >= 0.3 is 0 Å². The summed E-state index contributed by atoms with van der Waals surface area (Å²) in [5, 5.41) is 1.67. The fourth-order valence-corrected chi connectivity index (χ4v) is 9.52. The fraction of sp³-hybridized carbons (Fsp3) is 0.194. The Labute approximate surface area is 442 Å². The first-order valence-electron chi connectivity index (χ1n) is 30.6. The summed E-state index contributed by atoms with van der Waals surface area (Å²) in [5.41, 5.74) is 8.46. The molecule has 5 nitrogen and oxygen atoms in total. The molecule has 0 aliphatic heterocycles. The molecule has 72 heavy (non-hydrogen) atoms. The average molecular weight is 952 g/mol. The quantitative estimate of drug-likeness (QED) is 0.112. The molecule has 11 aromatic rings. The number of rotatable bonds is 8. The highest BCUT2D eigenvalue weighted by Gasteiger charge is 2.26. The predicted molar refractivity (Wildman–Crippen MR) is 299 cm³/mol. The molecule has 0 N–H and O–H groups in total. The Hall–Kier alpha value is -8.02. The van der Waals surface area contributed by atoms with E-state index in [0.29, 0.717) is 39.5 Å². The van der Waals surface area contributed by atoms with E-state index in [-0.39, 0.29) is 51.0 Å². The van der Waals surface area contributed by atoms with E-state index in [0.717, 1.165) is 38.5 Å². The number of fused-ring (bicyclic) bond motifs is 4. The first-order valence-corrected chi connectivity index (χ1v) is 24.1. The third-order valence-corrected chi connectivity index (χ3v) is 13.3. The second-order valence-electron chi connectivity index (χ2n) is 21.4. The highest BCUT2D eigenvalue weighted by molar-refractivity contribution is 6.09. The van der Waals surface area contributed by atoms with Crippen molar-refractivity contribution in [3.63, 3.8) is 0 Å². The van der Waals surface area contributed by atoms with Crippen LogP contribution in [0, 0.1) is 13.2 Å². The van der Waals surface area contributed by atoms with Gasteiger partial charge in [-0.3, -0.25) is 13.7 Å². The lowest BCUT2D eigenvalue weighted by Crippen LogP contribution is -2.34. The number of imidazole rings is 1. The van der Waals surface area contributed by atoms with Gasteiger partial charge in [0.2, 0.25) is 0 Å². The van der Waals surface area contributed by atoms with Crippen LogP contribution in [0.4, 0.5) is 0 Å². The lowest BCUT2D eigenvalue weighted by atomic mass is 9.79. The summed E-state index contributed by atoms with van der Waals surface area (Å²) in [6.45, 7) is 16.7. The summed E-state index contributed by atoms with van der Waals surface area (Å²) in [6, 6.07) is 36.1. The number of hydrogen-bond acceptors (Lipinski definition) is 2. The first kappa shape index (κ1) is 33.5. The molecular formula is C67H62N4O. The molecule has 11 rings (SSSR count). The van der Waals surface area contributed by atoms with Crippen molar-refractivity contribution in [2.45, 2.75) is 85.4 Å². The van der Waals surface area contributed by atoms with E-state index in [4.69, 9.17) is 24.8 Å². The zero-order chi connectivity index (χ0) is 61.3. The zero-order valence-corrected chi connectivity index (χ0v) is 41.9. The predicted octanol–water partition coefficient (Wildman–Crippen LogP) is 17.2. The van der Waals surface area contributed by atoms with Gasteiger partial charge in [-0.25, -0.2) is 4.98 Å². The van der Waals surface area contributed by atoms with Gasteiger partial charge in [0.05, 0.1) is 47.1 Å². The van der Waals surface area contributed by atoms with Gasteiger partial charge in [-0.2, -0.15) is 0 Å². The molecule has 0 unspecified atom stereocenters. The summed E-state index contributed by atoms with van der Waals surface area (Å²) in [4.78, 5) is 4.74. The van der Waals surface area contributed by atoms with E-state index in [2.05, 4.69) is 105 Å². The van der Waals surface area contributed by atoms with Gasteiger partial charge in [0.15, 0.2) is 0 Å². The van der Waals surface area contributed by atoms with Gasteiger partial charge in [0.25, 0.3) is 6.33 Å². The lowest BCUT2D eigenvalue weighted by Gasteiger charge is -2.26. The van der Waals surface area contributed by atoms with E-state index < -0.39 is 60.6 Å². The molecule has 3 heterocycles. The van der Waals surface area contributed by atoms with E-state index in [9.17, 15) is 2.74 Å². The van der Waals surface area contributed by atoms with Crippen LogP contribution in [0.3, 0.4) is 0 Å². The second-order valence-corrected chi connectivity index (χ2v) is 21.4. The van der Waals surface area contributed by atoms with E-state index in [1.807, 2.05) is 92.6 Å². The lowest BCUT2D eigenvalue weighted by molar-refractivity contribution is -0.572. The Morgan fingerprint density at radius 3 is 1.90 bits per heavy atom. The molecule has 5 heteroatoms. The van der Waals surface area contributed by atoms with Crippen molar-refractivity contribution in [3.05, 3.63) is 223 Å². The van der Waals surface area contributed by atoms with Gasteiger partial charge in [0, 0.05) is 32.7 Å². The van der Waals surface area contributed by atoms with Crippen LogP contribution in [0.2, 0.25) is 0 Å². The minimum atomic E-state index is -2.78. The summed E-state index contributed by atoms with van der Waals surface area (Å²) >= 11 is 0. The van der Waals surface area contributed by atoms with Gasteiger partial charge in [0.1, 0.15) is 17.3 Å². The molecule has 3 aromatic heterocycles. The zero-order valence-electron chi connectivity index (χ0n) is 54.9. The SMILES string of the molecule is [2H]c1c([2H])c([2H])c(-c2cnc(-n3c4ccccc4c4ccc(Oc5cccc(-n6[c-][n+](-c7c(-c8c([2H])c([2H])c([2H])c([2H])c8[2H])cccc7C(C)(C)C)c7ccc(-c8cc(C(C)(C)C)cc(C(C)(C)C)c8)cc76)c5)cc43)cc2C([2H])([2H])[2H])c([2H])c1[2H]. The number of hydrogen-bond donors (Lipinski definition) is 0. The summed E-state index contributed by atoms with van der Waals surface area (Å²) < 4.78 is 125. The third kappa shape index (κ3) is 8.57. The number of ether oxygens (including phenoxy) is 1. The van der Waals surface area contributed by atoms with E-state index in [1.165, 1.54) is 23.4 Å². The summed E-state index contributed by atoms with van der Waals surface area (Å²) in [6.07, 6.45) is 4.96. The molecule has 0 aliphatic carbocycles. The average Bonchev–Trinajstić information content (AvgIpc) is 1.87. The number of para-hydroxylation sites is 2. The van der Waals surface area contributed by atoms with Crippen LogP contribution in [-0.2, 0) is 16.2 Å². The number of aromatic nitrogens is 4. The second kappa shape index (κ2) is 17.7. The molecule has 0 radical (unpaired) electrons. The Kier molecular flexibility index (Phi) is 8.24. The van der Waals surface area contributed by atoms with E-state index >= 15 is 0 Å². The maximum atomic E-state index is 9.19. The number of pyridine rings is 1. The minimum absolute atomic E-state index is 0.0736. The fourth-order valence-electron chi connectivity index (χ4n) is 9.52. The molecule has 0 amide bonds. The van der Waals surface area contributed by atoms with E-state index in [1.54, 1.807) is 6.07 Å². The van der Waals surface area contributed by atoms with Crippen LogP contribution in [-0.4, -0.2) is 14.1 Å². The van der Waals surface area contributed by atoms with Crippen LogP contribution < -0.4 is 9.30 Å². The number of aryl methyl sites for hydroxylation is 1. The van der Waals surface area contributed by atoms with Gasteiger partial charge in [-0.15, -0.1) is 0 Å². The van der Waals surface area contributed by atoms with Crippen molar-refractivity contribution in [1.82, 2.24) is 14.1 Å². The van der Waals surface area contributed by atoms with Crippen LogP contribution in [0.1, 0.15) is 102 Å². The Morgan fingerprint density at radius 2 is 1.21 bits per heavy atom. The highest BCUT2D eigenvalue weighted by Crippen LogP contribution is 2.40. The Bertz CT molecular complexity index is 4480. The van der Waals surface area contributed by atoms with Crippen LogP contribution >= 0.6 is 0 Å². The Morgan fingerprint density at radius 1 is 0.542 bits per heavy atom. The molecule has 0 atom stereocenters. The largest absolute Gasteiger partial charge is 0.458 e. The smallest absolute Gasteiger partial charge is 0.269 e. The van der Waals surface area contributed by atoms with Gasteiger partial charge in [-0.05, 0) is 122 Å². The van der Waals surface area contributed by atoms with Crippen LogP contribution in [0.15, 0.2) is 194 Å². The first-order chi connectivity index (χ1) is 39.8. The molecule has 0 aliphatic rings. The topological polar surface area (TPSA) is 35.9 Å². The van der Waals surface area contributed by atoms with Crippen molar-refractivity contribution in [1.29, 1.82) is 0 Å². The number of benzene rings is 8. The molecular weight excluding hydrogens is 877 g/mol. The van der Waals surface area contributed by atoms with Crippen molar-refractivity contribution in [3.8, 4) is 62.1 Å². The van der Waals surface area contributed by atoms with Crippen LogP contribution in [0.5, 0.6) is 11.5 Å². The summed E-state index contributed by atoms with van der Waals surface area (Å²) in [7, 11) is 0. The minimum Gasteiger partial charge on any atom is -0.458 e. The standard InChI is InChI=1S/C67H62N4O/c1-44-35-63(68-42-57(44)46-23-15-12-16-24-46)71-59-30-18-17-27-55(59)56-33-32-53(41-61(56)71)72-52-26-19-25-51(40-52)69-43-70(64-54(45-21-13-11-14-22-45)28-20-29-58(64)67(8,9)10)60-34-31-47(38-62(60)69)48-36-49(65(2,3)4)39-50(37-48)66(5,6)7/h11-42H,1-10H3/i1D3,11D,12D,13D,14D,15D,16D,21D,22D,23D,24D. The molecule has 8 aromatic carbocycles.